The molecule has 0 atom stereocenters. The van der Waals surface area contributed by atoms with Crippen molar-refractivity contribution >= 4 is 17.9 Å². The van der Waals surface area contributed by atoms with Crippen LogP contribution < -0.4 is 10.5 Å². The van der Waals surface area contributed by atoms with Crippen LogP contribution in [0.5, 0.6) is 5.75 Å². The van der Waals surface area contributed by atoms with Gasteiger partial charge in [0.25, 0.3) is 0 Å². The van der Waals surface area contributed by atoms with Gasteiger partial charge in [0.15, 0.2) is 6.61 Å². The van der Waals surface area contributed by atoms with E-state index in [1.165, 1.54) is 7.11 Å². The average Bonchev–Trinajstić information content (AvgIpc) is 2.65. The van der Waals surface area contributed by atoms with Crippen LogP contribution in [-0.2, 0) is 20.9 Å². The zero-order chi connectivity index (χ0) is 18.1. The molecule has 0 saturated heterocycles. The first-order chi connectivity index (χ1) is 12.1. The fourth-order valence-corrected chi connectivity index (χ4v) is 1.84. The Labute approximate surface area is 145 Å². The molecule has 2 aromatic carbocycles. The van der Waals surface area contributed by atoms with Gasteiger partial charge in [0, 0.05) is 5.56 Å². The monoisotopic (exact) mass is 342 g/mol. The van der Waals surface area contributed by atoms with E-state index in [2.05, 4.69) is 9.73 Å². The summed E-state index contributed by atoms with van der Waals surface area (Å²) in [7, 11) is 1.28. The predicted molar refractivity (Wildman–Crippen MR) is 91.3 cm³/mol. The van der Waals surface area contributed by atoms with Gasteiger partial charge in [-0.25, -0.2) is 9.59 Å². The highest BCUT2D eigenvalue weighted by Crippen LogP contribution is 2.12. The van der Waals surface area contributed by atoms with Crippen molar-refractivity contribution < 1.29 is 23.8 Å². The third-order valence-electron chi connectivity index (χ3n) is 3.15. The number of nitrogens with zero attached hydrogens (tertiary/aromatic N) is 1. The predicted octanol–water partition coefficient (Wildman–Crippen LogP) is 2.28. The fourth-order valence-electron chi connectivity index (χ4n) is 1.84. The summed E-state index contributed by atoms with van der Waals surface area (Å²) in [5, 5.41) is 0. The van der Waals surface area contributed by atoms with E-state index >= 15 is 0 Å². The first-order valence-corrected chi connectivity index (χ1v) is 7.43. The molecule has 0 aliphatic carbocycles. The molecule has 0 unspecified atom stereocenters. The molecule has 0 aliphatic rings. The van der Waals surface area contributed by atoms with Gasteiger partial charge in [-0.15, -0.1) is 0 Å². The van der Waals surface area contributed by atoms with Gasteiger partial charge in [-0.1, -0.05) is 30.3 Å². The molecular formula is C18H18N2O5. The molecule has 25 heavy (non-hydrogen) atoms. The van der Waals surface area contributed by atoms with Gasteiger partial charge in [-0.3, -0.25) is 0 Å². The maximum Gasteiger partial charge on any atom is 0.435 e. The first-order valence-electron chi connectivity index (χ1n) is 7.43. The van der Waals surface area contributed by atoms with E-state index in [1.54, 1.807) is 24.3 Å². The molecule has 0 fully saturated rings. The highest BCUT2D eigenvalue weighted by atomic mass is 16.6. The summed E-state index contributed by atoms with van der Waals surface area (Å²) in [5.41, 5.74) is 7.18. The molecule has 0 bridgehead atoms. The van der Waals surface area contributed by atoms with E-state index in [0.717, 1.165) is 5.56 Å². The Morgan fingerprint density at radius 1 is 1.04 bits per heavy atom. The lowest BCUT2D eigenvalue weighted by molar-refractivity contribution is -0.142. The fraction of sp³-hybridized carbons (Fsp3) is 0.167. The first kappa shape index (κ1) is 18.0. The van der Waals surface area contributed by atoms with E-state index in [9.17, 15) is 9.59 Å². The van der Waals surface area contributed by atoms with E-state index in [-0.39, 0.29) is 19.0 Å². The summed E-state index contributed by atoms with van der Waals surface area (Å²) < 4.78 is 14.7. The van der Waals surface area contributed by atoms with Crippen LogP contribution in [0.3, 0.4) is 0 Å². The Balaban J connectivity index is 1.90. The lowest BCUT2D eigenvalue weighted by Crippen LogP contribution is -2.16. The lowest BCUT2D eigenvalue weighted by atomic mass is 10.2. The Kier molecular flexibility index (Phi) is 6.53. The number of hydrogen-bond acceptors (Lipinski definition) is 5. The molecule has 0 aromatic heterocycles. The van der Waals surface area contributed by atoms with E-state index in [0.29, 0.717) is 11.3 Å². The second-order valence-electron chi connectivity index (χ2n) is 4.93. The smallest absolute Gasteiger partial charge is 0.435 e. The van der Waals surface area contributed by atoms with Crippen molar-refractivity contribution in [2.75, 3.05) is 13.7 Å². The number of benzene rings is 2. The highest BCUT2D eigenvalue weighted by molar-refractivity contribution is 6.02. The van der Waals surface area contributed by atoms with Crippen molar-refractivity contribution in [2.24, 2.45) is 10.7 Å². The van der Waals surface area contributed by atoms with Crippen LogP contribution in [0.1, 0.15) is 11.1 Å². The topological polar surface area (TPSA) is 100 Å². The number of amidine groups is 1. The minimum absolute atomic E-state index is 0.0255. The largest absolute Gasteiger partial charge is 0.482 e. The van der Waals surface area contributed by atoms with Crippen molar-refractivity contribution in [3.8, 4) is 5.75 Å². The van der Waals surface area contributed by atoms with Gasteiger partial charge in [0.05, 0.1) is 7.11 Å². The summed E-state index contributed by atoms with van der Waals surface area (Å²) in [6, 6.07) is 15.7. The zero-order valence-electron chi connectivity index (χ0n) is 13.7. The lowest BCUT2D eigenvalue weighted by Gasteiger charge is -2.06. The van der Waals surface area contributed by atoms with Crippen LogP contribution >= 0.6 is 0 Å². The van der Waals surface area contributed by atoms with Gasteiger partial charge in [0.1, 0.15) is 18.2 Å². The molecule has 7 nitrogen and oxygen atoms in total. The standard InChI is InChI=1S/C18H18N2O5/c1-23-16(21)12-24-15-9-7-14(8-10-15)17(19)20-18(22)25-11-13-5-3-2-4-6-13/h2-10H,11-12H2,1H3,(H2,19,20,22). The molecule has 130 valence electrons. The molecule has 0 radical (unpaired) electrons. The molecule has 0 saturated carbocycles. The molecule has 0 spiro atoms. The summed E-state index contributed by atoms with van der Waals surface area (Å²) in [5.74, 6) is 0.0116. The maximum atomic E-state index is 11.7. The van der Waals surface area contributed by atoms with Crippen molar-refractivity contribution in [1.82, 2.24) is 0 Å². The molecule has 2 N–H and O–H groups in total. The molecule has 0 aliphatic heterocycles. The Morgan fingerprint density at radius 3 is 2.36 bits per heavy atom. The van der Waals surface area contributed by atoms with E-state index < -0.39 is 12.1 Å². The number of amides is 1. The molecule has 2 aromatic rings. The van der Waals surface area contributed by atoms with E-state index in [4.69, 9.17) is 15.2 Å². The number of nitrogens with two attached hydrogens (primary N) is 1. The number of methoxy groups -OCH3 is 1. The third-order valence-corrected chi connectivity index (χ3v) is 3.15. The molecule has 0 heterocycles. The highest BCUT2D eigenvalue weighted by Gasteiger charge is 2.06. The average molecular weight is 342 g/mol. The number of ether oxygens (including phenoxy) is 3. The van der Waals surface area contributed by atoms with Crippen LogP contribution in [0.4, 0.5) is 4.79 Å². The number of carbonyl (C=O) groups is 2. The summed E-state index contributed by atoms with van der Waals surface area (Å²) in [6.07, 6.45) is -0.771. The normalized spacial score (nSPS) is 10.8. The van der Waals surface area contributed by atoms with Crippen LogP contribution in [0.25, 0.3) is 0 Å². The van der Waals surface area contributed by atoms with Crippen LogP contribution in [0.2, 0.25) is 0 Å². The van der Waals surface area contributed by atoms with Crippen molar-refractivity contribution in [3.63, 3.8) is 0 Å². The van der Waals surface area contributed by atoms with Crippen LogP contribution in [-0.4, -0.2) is 31.6 Å². The Bertz CT molecular complexity index is 742. The summed E-state index contributed by atoms with van der Waals surface area (Å²) in [4.78, 5) is 26.4. The number of rotatable bonds is 6. The molecule has 7 heteroatoms. The number of aliphatic imine (C=N–C) groups is 1. The Morgan fingerprint density at radius 2 is 1.72 bits per heavy atom. The van der Waals surface area contributed by atoms with Crippen LogP contribution in [0.15, 0.2) is 59.6 Å². The second-order valence-corrected chi connectivity index (χ2v) is 4.93. The van der Waals surface area contributed by atoms with Gasteiger partial charge in [-0.2, -0.15) is 4.99 Å². The zero-order valence-corrected chi connectivity index (χ0v) is 13.7. The third kappa shape index (κ3) is 5.98. The van der Waals surface area contributed by atoms with Gasteiger partial charge in [-0.05, 0) is 29.8 Å². The Hall–Kier alpha value is -3.35. The minimum atomic E-state index is -0.771. The number of hydrogen-bond donors (Lipinski definition) is 1. The summed E-state index contributed by atoms with van der Waals surface area (Å²) in [6.45, 7) is -0.0675. The van der Waals surface area contributed by atoms with Crippen molar-refractivity contribution in [3.05, 3.63) is 65.7 Å². The van der Waals surface area contributed by atoms with Gasteiger partial charge >= 0.3 is 12.1 Å². The number of carbonyl (C=O) groups excluding carboxylic acids is 2. The maximum absolute atomic E-state index is 11.7. The van der Waals surface area contributed by atoms with Crippen molar-refractivity contribution in [2.45, 2.75) is 6.61 Å². The minimum Gasteiger partial charge on any atom is -0.482 e. The summed E-state index contributed by atoms with van der Waals surface area (Å²) >= 11 is 0. The van der Waals surface area contributed by atoms with Gasteiger partial charge < -0.3 is 19.9 Å². The van der Waals surface area contributed by atoms with Crippen molar-refractivity contribution in [1.29, 1.82) is 0 Å². The molecular weight excluding hydrogens is 324 g/mol. The van der Waals surface area contributed by atoms with Crippen LogP contribution in [0, 0.1) is 0 Å². The van der Waals surface area contributed by atoms with E-state index in [1.807, 2.05) is 30.3 Å². The quantitative estimate of drug-likeness (QED) is 0.491. The second kappa shape index (κ2) is 9.07. The molecule has 2 rings (SSSR count). The van der Waals surface area contributed by atoms with Gasteiger partial charge in [0.2, 0.25) is 0 Å². The SMILES string of the molecule is COC(=O)COc1ccc(/C(N)=N/C(=O)OCc2ccccc2)cc1. The molecule has 1 amide bonds. The number of esters is 1.